The maximum Gasteiger partial charge on any atom is 0.137 e. The van der Waals surface area contributed by atoms with Crippen LogP contribution in [0.2, 0.25) is 0 Å². The molecule has 0 aliphatic heterocycles. The Bertz CT molecular complexity index is 468. The van der Waals surface area contributed by atoms with E-state index in [2.05, 4.69) is 27.5 Å². The van der Waals surface area contributed by atoms with Gasteiger partial charge in [-0.15, -0.1) is 0 Å². The van der Waals surface area contributed by atoms with Crippen molar-refractivity contribution in [1.82, 2.24) is 9.97 Å². The van der Waals surface area contributed by atoms with Gasteiger partial charge in [-0.3, -0.25) is 0 Å². The van der Waals surface area contributed by atoms with Crippen molar-refractivity contribution in [3.63, 3.8) is 0 Å². The second-order valence-corrected chi connectivity index (χ2v) is 3.89. The van der Waals surface area contributed by atoms with Crippen LogP contribution < -0.4 is 5.32 Å². The molecule has 1 saturated carbocycles. The predicted octanol–water partition coefficient (Wildman–Crippen LogP) is 2.48. The molecule has 0 amide bonds. The van der Waals surface area contributed by atoms with Gasteiger partial charge in [0.05, 0.1) is 11.9 Å². The first-order chi connectivity index (χ1) is 6.88. The lowest BCUT2D eigenvalue weighted by atomic mass is 10.1. The van der Waals surface area contributed by atoms with E-state index in [1.807, 2.05) is 13.2 Å². The van der Waals surface area contributed by atoms with Crippen LogP contribution in [0.25, 0.3) is 11.0 Å². The third kappa shape index (κ3) is 1.09. The fraction of sp³-hybridized carbons (Fsp3) is 0.364. The third-order valence-corrected chi connectivity index (χ3v) is 2.87. The summed E-state index contributed by atoms with van der Waals surface area (Å²) in [6.45, 7) is 0. The molecule has 2 N–H and O–H groups in total. The molecule has 14 heavy (non-hydrogen) atoms. The van der Waals surface area contributed by atoms with Gasteiger partial charge in [0.1, 0.15) is 5.65 Å². The maximum absolute atomic E-state index is 4.36. The molecule has 1 aliphatic rings. The Morgan fingerprint density at radius 2 is 2.36 bits per heavy atom. The van der Waals surface area contributed by atoms with Crippen molar-refractivity contribution in [2.45, 2.75) is 18.8 Å². The van der Waals surface area contributed by atoms with Crippen molar-refractivity contribution < 1.29 is 0 Å². The lowest BCUT2D eigenvalue weighted by Crippen LogP contribution is -1.89. The Morgan fingerprint density at radius 1 is 1.50 bits per heavy atom. The van der Waals surface area contributed by atoms with Gasteiger partial charge in [0.25, 0.3) is 0 Å². The summed E-state index contributed by atoms with van der Waals surface area (Å²) in [5, 5.41) is 4.40. The van der Waals surface area contributed by atoms with E-state index in [1.165, 1.54) is 23.8 Å². The van der Waals surface area contributed by atoms with Crippen LogP contribution in [0.1, 0.15) is 24.3 Å². The lowest BCUT2D eigenvalue weighted by Gasteiger charge is -1.99. The number of anilines is 1. The summed E-state index contributed by atoms with van der Waals surface area (Å²) >= 11 is 0. The fourth-order valence-electron chi connectivity index (χ4n) is 1.89. The maximum atomic E-state index is 4.36. The first-order valence-electron chi connectivity index (χ1n) is 5.03. The summed E-state index contributed by atoms with van der Waals surface area (Å²) in [6, 6.07) is 2.17. The molecule has 0 unspecified atom stereocenters. The topological polar surface area (TPSA) is 40.7 Å². The van der Waals surface area contributed by atoms with E-state index >= 15 is 0 Å². The van der Waals surface area contributed by atoms with Crippen LogP contribution in [0.4, 0.5) is 5.69 Å². The van der Waals surface area contributed by atoms with E-state index in [0.717, 1.165) is 17.3 Å². The number of aromatic nitrogens is 2. The monoisotopic (exact) mass is 187 g/mol. The smallest absolute Gasteiger partial charge is 0.137 e. The zero-order valence-corrected chi connectivity index (χ0v) is 8.17. The van der Waals surface area contributed by atoms with Crippen LogP contribution in [0, 0.1) is 0 Å². The molecule has 3 nitrogen and oxygen atoms in total. The molecule has 72 valence electrons. The number of fused-ring (bicyclic) bond motifs is 1. The highest BCUT2D eigenvalue weighted by molar-refractivity contribution is 5.83. The molecule has 0 spiro atoms. The van der Waals surface area contributed by atoms with Crippen molar-refractivity contribution in [3.8, 4) is 0 Å². The van der Waals surface area contributed by atoms with Crippen LogP contribution in [-0.2, 0) is 0 Å². The number of aromatic amines is 1. The Kier molecular flexibility index (Phi) is 1.54. The normalized spacial score (nSPS) is 16.1. The van der Waals surface area contributed by atoms with E-state index in [9.17, 15) is 0 Å². The molecule has 1 aliphatic carbocycles. The molecule has 1 fully saturated rings. The average Bonchev–Trinajstić information content (AvgIpc) is 2.98. The van der Waals surface area contributed by atoms with Crippen molar-refractivity contribution in [1.29, 1.82) is 0 Å². The van der Waals surface area contributed by atoms with Gasteiger partial charge in [-0.05, 0) is 30.4 Å². The van der Waals surface area contributed by atoms with E-state index in [1.54, 1.807) is 0 Å². The van der Waals surface area contributed by atoms with Crippen LogP contribution in [0.3, 0.4) is 0 Å². The highest BCUT2D eigenvalue weighted by Crippen LogP contribution is 2.43. The Balaban J connectivity index is 2.20. The molecule has 0 saturated heterocycles. The van der Waals surface area contributed by atoms with E-state index < -0.39 is 0 Å². The molecule has 0 bridgehead atoms. The number of nitrogens with one attached hydrogen (secondary N) is 2. The number of nitrogens with zero attached hydrogens (tertiary/aromatic N) is 1. The van der Waals surface area contributed by atoms with Gasteiger partial charge >= 0.3 is 0 Å². The minimum Gasteiger partial charge on any atom is -0.387 e. The molecule has 2 heterocycles. The van der Waals surface area contributed by atoms with Gasteiger partial charge in [-0.25, -0.2) is 4.98 Å². The van der Waals surface area contributed by atoms with E-state index in [0.29, 0.717) is 0 Å². The SMILES string of the molecule is CNc1cnc2[nH]cc(C3CC3)c2c1. The lowest BCUT2D eigenvalue weighted by molar-refractivity contribution is 1.15. The van der Waals surface area contributed by atoms with Gasteiger partial charge < -0.3 is 10.3 Å². The number of H-pyrrole nitrogens is 1. The van der Waals surface area contributed by atoms with E-state index in [4.69, 9.17) is 0 Å². The molecule has 2 aromatic rings. The zero-order valence-electron chi connectivity index (χ0n) is 8.17. The number of rotatable bonds is 2. The Labute approximate surface area is 82.5 Å². The van der Waals surface area contributed by atoms with Gasteiger partial charge in [0.2, 0.25) is 0 Å². The largest absolute Gasteiger partial charge is 0.387 e. The molecule has 3 heteroatoms. The number of hydrogen-bond donors (Lipinski definition) is 2. The minimum atomic E-state index is 0.776. The summed E-state index contributed by atoms with van der Waals surface area (Å²) in [5.74, 6) is 0.776. The van der Waals surface area contributed by atoms with Gasteiger partial charge in [0.15, 0.2) is 0 Å². The molecular formula is C11H13N3. The molecule has 3 rings (SSSR count). The fourth-order valence-corrected chi connectivity index (χ4v) is 1.89. The van der Waals surface area contributed by atoms with Crippen molar-refractivity contribution in [2.24, 2.45) is 0 Å². The first-order valence-corrected chi connectivity index (χ1v) is 5.03. The molecule has 0 atom stereocenters. The highest BCUT2D eigenvalue weighted by atomic mass is 14.9. The van der Waals surface area contributed by atoms with Crippen LogP contribution in [0.5, 0.6) is 0 Å². The second kappa shape index (κ2) is 2.74. The van der Waals surface area contributed by atoms with Crippen molar-refractivity contribution in [2.75, 3.05) is 12.4 Å². The standard InChI is InChI=1S/C11H13N3/c1-12-8-4-9-10(7-2-3-7)6-14-11(9)13-5-8/h4-7,12H,2-3H2,1H3,(H,13,14). The van der Waals surface area contributed by atoms with Gasteiger partial charge in [-0.1, -0.05) is 0 Å². The second-order valence-electron chi connectivity index (χ2n) is 3.89. The quantitative estimate of drug-likeness (QED) is 0.758. The number of hydrogen-bond acceptors (Lipinski definition) is 2. The summed E-state index contributed by atoms with van der Waals surface area (Å²) < 4.78 is 0. The molecule has 0 aromatic carbocycles. The first kappa shape index (κ1) is 7.85. The number of pyridine rings is 1. The van der Waals surface area contributed by atoms with Crippen LogP contribution >= 0.6 is 0 Å². The summed E-state index contributed by atoms with van der Waals surface area (Å²) in [5.41, 5.74) is 3.52. The highest BCUT2D eigenvalue weighted by Gasteiger charge is 2.26. The minimum absolute atomic E-state index is 0.776. The third-order valence-electron chi connectivity index (χ3n) is 2.87. The summed E-state index contributed by atoms with van der Waals surface area (Å²) in [4.78, 5) is 7.59. The zero-order chi connectivity index (χ0) is 9.54. The Morgan fingerprint density at radius 3 is 3.07 bits per heavy atom. The van der Waals surface area contributed by atoms with Crippen LogP contribution in [-0.4, -0.2) is 17.0 Å². The van der Waals surface area contributed by atoms with Crippen molar-refractivity contribution >= 4 is 16.7 Å². The molecular weight excluding hydrogens is 174 g/mol. The molecule has 2 aromatic heterocycles. The van der Waals surface area contributed by atoms with E-state index in [-0.39, 0.29) is 0 Å². The van der Waals surface area contributed by atoms with Gasteiger partial charge in [0, 0.05) is 18.6 Å². The van der Waals surface area contributed by atoms with Crippen molar-refractivity contribution in [3.05, 3.63) is 24.0 Å². The van der Waals surface area contributed by atoms with Gasteiger partial charge in [-0.2, -0.15) is 0 Å². The predicted molar refractivity (Wildman–Crippen MR) is 57.6 cm³/mol. The Hall–Kier alpha value is -1.51. The molecule has 0 radical (unpaired) electrons. The summed E-state index contributed by atoms with van der Waals surface area (Å²) in [7, 11) is 1.92. The summed E-state index contributed by atoms with van der Waals surface area (Å²) in [6.07, 6.45) is 6.62. The average molecular weight is 187 g/mol. The van der Waals surface area contributed by atoms with Crippen LogP contribution in [0.15, 0.2) is 18.5 Å².